The van der Waals surface area contributed by atoms with Crippen LogP contribution in [0.4, 0.5) is 0 Å². The first kappa shape index (κ1) is 12.5. The average Bonchev–Trinajstić information content (AvgIpc) is 1.83. The van der Waals surface area contributed by atoms with Crippen LogP contribution in [0.15, 0.2) is 0 Å². The second-order valence-electron chi connectivity index (χ2n) is 2.89. The van der Waals surface area contributed by atoms with Gasteiger partial charge in [0.25, 0.3) is 10.1 Å². The van der Waals surface area contributed by atoms with E-state index in [1.165, 1.54) is 0 Å². The van der Waals surface area contributed by atoms with Crippen molar-refractivity contribution in [1.29, 1.82) is 0 Å². The van der Waals surface area contributed by atoms with Crippen LogP contribution >= 0.6 is 0 Å². The average molecular weight is 211 g/mol. The summed E-state index contributed by atoms with van der Waals surface area (Å²) in [7, 11) is -4.53. The predicted molar refractivity (Wildman–Crippen MR) is 46.2 cm³/mol. The Hall–Kier alpha value is -0.540. The molecule has 78 valence electrons. The Labute approximate surface area is 76.0 Å². The molecule has 7 N–H and O–H groups in total. The summed E-state index contributed by atoms with van der Waals surface area (Å²) in [5.41, 5.74) is 13.5. The van der Waals surface area contributed by atoms with Crippen LogP contribution in [0.2, 0.25) is 0 Å². The Bertz CT molecular complexity index is 291. The van der Waals surface area contributed by atoms with Crippen LogP contribution in [-0.4, -0.2) is 36.2 Å². The third-order valence-corrected chi connectivity index (χ3v) is 2.52. The maximum atomic E-state index is 11.2. The quantitative estimate of drug-likeness (QED) is 0.294. The lowest BCUT2D eigenvalue weighted by molar-refractivity contribution is -0.123. The monoisotopic (exact) mass is 211 g/mol. The minimum Gasteiger partial charge on any atom is -0.329 e. The summed E-state index contributed by atoms with van der Waals surface area (Å²) in [6, 6.07) is 0. The molecule has 0 saturated heterocycles. The highest BCUT2D eigenvalue weighted by Crippen LogP contribution is 2.04. The lowest BCUT2D eigenvalue weighted by Crippen LogP contribution is -2.60. The molecule has 0 rings (SSSR count). The molecule has 13 heavy (non-hydrogen) atoms. The third-order valence-electron chi connectivity index (χ3n) is 1.40. The van der Waals surface area contributed by atoms with E-state index in [9.17, 15) is 13.2 Å². The molecule has 0 radical (unpaired) electrons. The lowest BCUT2D eigenvalue weighted by atomic mass is 10.1. The molecule has 0 saturated carbocycles. The third kappa shape index (κ3) is 3.36. The van der Waals surface area contributed by atoms with E-state index in [1.54, 1.807) is 0 Å². The van der Waals surface area contributed by atoms with Crippen molar-refractivity contribution in [3.05, 3.63) is 0 Å². The number of Topliss-reactive ketones (excluding diaryl/α,β-unsaturated/α-hetero) is 1. The molecule has 1 atom stereocenters. The van der Waals surface area contributed by atoms with Crippen LogP contribution < -0.4 is 17.2 Å². The number of nitrogens with two attached hydrogens (primary N) is 3. The van der Waals surface area contributed by atoms with Crippen LogP contribution in [0.1, 0.15) is 6.92 Å². The normalized spacial score (nSPS) is 15.5. The van der Waals surface area contributed by atoms with E-state index >= 15 is 0 Å². The first-order chi connectivity index (χ1) is 5.60. The Kier molecular flexibility index (Phi) is 3.53. The number of ketones is 1. The van der Waals surface area contributed by atoms with E-state index in [-0.39, 0.29) is 0 Å². The molecule has 0 aromatic carbocycles. The van der Waals surface area contributed by atoms with Crippen molar-refractivity contribution < 1.29 is 17.8 Å². The van der Waals surface area contributed by atoms with Crippen LogP contribution in [-0.2, 0) is 14.9 Å². The van der Waals surface area contributed by atoms with E-state index < -0.39 is 33.4 Å². The van der Waals surface area contributed by atoms with Gasteiger partial charge in [-0.2, -0.15) is 8.42 Å². The van der Waals surface area contributed by atoms with Crippen molar-refractivity contribution >= 4 is 15.9 Å². The van der Waals surface area contributed by atoms with Gasteiger partial charge in [0, 0.05) is 6.54 Å². The van der Waals surface area contributed by atoms with Crippen molar-refractivity contribution in [3.63, 3.8) is 0 Å². The molecule has 0 aliphatic carbocycles. The van der Waals surface area contributed by atoms with Gasteiger partial charge in [-0.05, 0) is 6.92 Å². The van der Waals surface area contributed by atoms with Gasteiger partial charge in [-0.25, -0.2) is 0 Å². The minimum absolute atomic E-state index is 0.554. The van der Waals surface area contributed by atoms with Gasteiger partial charge in [-0.15, -0.1) is 0 Å². The maximum absolute atomic E-state index is 11.2. The second kappa shape index (κ2) is 3.68. The Morgan fingerprint density at radius 1 is 1.54 bits per heavy atom. The molecule has 0 fully saturated rings. The van der Waals surface area contributed by atoms with Gasteiger partial charge in [-0.1, -0.05) is 0 Å². The van der Waals surface area contributed by atoms with Gasteiger partial charge >= 0.3 is 0 Å². The van der Waals surface area contributed by atoms with E-state index in [0.29, 0.717) is 0 Å². The zero-order valence-corrected chi connectivity index (χ0v) is 7.91. The molecule has 8 heteroatoms. The maximum Gasteiger partial charge on any atom is 0.276 e. The molecule has 0 aromatic heterocycles. The zero-order valence-electron chi connectivity index (χ0n) is 7.10. The highest BCUT2D eigenvalue weighted by atomic mass is 32.2. The second-order valence-corrected chi connectivity index (χ2v) is 4.49. The summed E-state index contributed by atoms with van der Waals surface area (Å²) in [6.07, 6.45) is 0. The topological polar surface area (TPSA) is 149 Å². The highest BCUT2D eigenvalue weighted by Gasteiger charge is 2.37. The smallest absolute Gasteiger partial charge is 0.276 e. The van der Waals surface area contributed by atoms with Crippen molar-refractivity contribution in [1.82, 2.24) is 0 Å². The first-order valence-corrected chi connectivity index (χ1v) is 4.89. The van der Waals surface area contributed by atoms with Gasteiger partial charge in [0.05, 0.1) is 0 Å². The van der Waals surface area contributed by atoms with Gasteiger partial charge in [0.1, 0.15) is 5.66 Å². The van der Waals surface area contributed by atoms with Gasteiger partial charge in [0.15, 0.2) is 11.0 Å². The Balaban J connectivity index is 4.94. The number of rotatable bonds is 4. The van der Waals surface area contributed by atoms with E-state index in [0.717, 1.165) is 6.92 Å². The van der Waals surface area contributed by atoms with Gasteiger partial charge < -0.3 is 17.2 Å². The SMILES string of the molecule is CC(N)(N)C(=O)C(CN)S(=O)(=O)O. The fourth-order valence-corrected chi connectivity index (χ4v) is 1.48. The number of hydrogen-bond acceptors (Lipinski definition) is 6. The van der Waals surface area contributed by atoms with Crippen LogP contribution in [0, 0.1) is 0 Å². The van der Waals surface area contributed by atoms with Crippen molar-refractivity contribution in [2.75, 3.05) is 6.54 Å². The van der Waals surface area contributed by atoms with Gasteiger partial charge in [0.2, 0.25) is 0 Å². The van der Waals surface area contributed by atoms with Crippen molar-refractivity contribution in [2.24, 2.45) is 17.2 Å². The van der Waals surface area contributed by atoms with Crippen molar-refractivity contribution in [3.8, 4) is 0 Å². The summed E-state index contributed by atoms with van der Waals surface area (Å²) in [4.78, 5) is 11.2. The van der Waals surface area contributed by atoms with Crippen LogP contribution in [0.3, 0.4) is 0 Å². The molecule has 0 aromatic rings. The van der Waals surface area contributed by atoms with E-state index in [2.05, 4.69) is 0 Å². The Morgan fingerprint density at radius 2 is 1.92 bits per heavy atom. The lowest BCUT2D eigenvalue weighted by Gasteiger charge is -2.21. The molecule has 0 heterocycles. The largest absolute Gasteiger partial charge is 0.329 e. The summed E-state index contributed by atoms with van der Waals surface area (Å²) in [5.74, 6) is -1.02. The molecule has 0 aliphatic rings. The zero-order chi connectivity index (χ0) is 10.9. The fourth-order valence-electron chi connectivity index (χ4n) is 0.711. The molecular weight excluding hydrogens is 198 g/mol. The molecule has 0 spiro atoms. The Morgan fingerprint density at radius 3 is 2.00 bits per heavy atom. The number of hydrogen-bond donors (Lipinski definition) is 4. The van der Waals surface area contributed by atoms with Crippen molar-refractivity contribution in [2.45, 2.75) is 17.8 Å². The summed E-state index contributed by atoms with van der Waals surface area (Å²) in [5, 5.41) is -1.76. The molecule has 0 bridgehead atoms. The predicted octanol–water partition coefficient (Wildman–Crippen LogP) is -2.60. The summed E-state index contributed by atoms with van der Waals surface area (Å²) in [6.45, 7) is 0.574. The molecule has 7 nitrogen and oxygen atoms in total. The fraction of sp³-hybridized carbons (Fsp3) is 0.800. The molecule has 1 unspecified atom stereocenters. The molecule has 0 amide bonds. The van der Waals surface area contributed by atoms with Gasteiger partial charge in [-0.3, -0.25) is 9.35 Å². The van der Waals surface area contributed by atoms with E-state index in [4.69, 9.17) is 21.8 Å². The first-order valence-electron chi connectivity index (χ1n) is 3.39. The van der Waals surface area contributed by atoms with Crippen LogP contribution in [0.25, 0.3) is 0 Å². The molecule has 0 aliphatic heterocycles. The van der Waals surface area contributed by atoms with Crippen LogP contribution in [0.5, 0.6) is 0 Å². The summed E-state index contributed by atoms with van der Waals surface area (Å²) < 4.78 is 29.8. The standard InChI is InChI=1S/C5H13N3O4S/c1-5(7,8)4(9)3(2-6)13(10,11)12/h3H,2,6-8H2,1H3,(H,10,11,12). The molecular formula is C5H13N3O4S. The minimum atomic E-state index is -4.53. The summed E-state index contributed by atoms with van der Waals surface area (Å²) >= 11 is 0. The number of carbonyl (C=O) groups is 1. The van der Waals surface area contributed by atoms with E-state index in [1.807, 2.05) is 0 Å². The number of carbonyl (C=O) groups excluding carboxylic acids is 1. The highest BCUT2D eigenvalue weighted by molar-refractivity contribution is 7.87.